The predicted octanol–water partition coefficient (Wildman–Crippen LogP) is 4.70. The van der Waals surface area contributed by atoms with E-state index in [2.05, 4.69) is 42.1 Å². The summed E-state index contributed by atoms with van der Waals surface area (Å²) in [7, 11) is 1.28. The van der Waals surface area contributed by atoms with Gasteiger partial charge in [0.2, 0.25) is 17.6 Å². The number of benzene rings is 2. The molecule has 0 aliphatic heterocycles. The van der Waals surface area contributed by atoms with Crippen LogP contribution in [0.4, 0.5) is 30.8 Å². The molecule has 0 aliphatic carbocycles. The smallest absolute Gasteiger partial charge is 0.422 e. The number of alkyl halides is 3. The first-order valence-corrected chi connectivity index (χ1v) is 10.5. The zero-order valence-electron chi connectivity index (χ0n) is 19.4. The fourth-order valence-electron chi connectivity index (χ4n) is 3.10. The number of aromatic nitrogens is 5. The van der Waals surface area contributed by atoms with Crippen LogP contribution < -0.4 is 10.1 Å². The van der Waals surface area contributed by atoms with Gasteiger partial charge in [0.1, 0.15) is 5.75 Å². The van der Waals surface area contributed by atoms with E-state index in [4.69, 9.17) is 14.0 Å². The van der Waals surface area contributed by atoms with Gasteiger partial charge in [-0.2, -0.15) is 33.1 Å². The quantitative estimate of drug-likeness (QED) is 0.261. The van der Waals surface area contributed by atoms with Crippen LogP contribution in [0, 0.1) is 6.92 Å². The molecule has 14 heteroatoms. The molecule has 0 saturated carbocycles. The van der Waals surface area contributed by atoms with Gasteiger partial charge in [0.25, 0.3) is 11.8 Å². The molecule has 0 saturated heterocycles. The summed E-state index contributed by atoms with van der Waals surface area (Å²) in [5.74, 6) is -0.290. The van der Waals surface area contributed by atoms with Crippen LogP contribution >= 0.6 is 0 Å². The normalized spacial score (nSPS) is 11.2. The second-order valence-electron chi connectivity index (χ2n) is 7.45. The zero-order chi connectivity index (χ0) is 26.6. The van der Waals surface area contributed by atoms with Crippen molar-refractivity contribution in [2.45, 2.75) is 13.1 Å². The van der Waals surface area contributed by atoms with Crippen LogP contribution in [0.15, 0.2) is 52.0 Å². The van der Waals surface area contributed by atoms with Crippen LogP contribution in [0.3, 0.4) is 0 Å². The molecule has 0 spiro atoms. The molecule has 37 heavy (non-hydrogen) atoms. The van der Waals surface area contributed by atoms with E-state index in [1.54, 1.807) is 37.3 Å². The number of nitrogens with one attached hydrogen (secondary N) is 1. The third kappa shape index (κ3) is 6.22. The van der Waals surface area contributed by atoms with Gasteiger partial charge in [0.15, 0.2) is 6.61 Å². The van der Waals surface area contributed by atoms with Crippen molar-refractivity contribution in [2.75, 3.05) is 19.0 Å². The second kappa shape index (κ2) is 10.4. The van der Waals surface area contributed by atoms with Gasteiger partial charge in [-0.15, -0.1) is 0 Å². The highest BCUT2D eigenvalue weighted by Gasteiger charge is 2.28. The molecule has 0 bridgehead atoms. The van der Waals surface area contributed by atoms with Crippen LogP contribution in [0.2, 0.25) is 0 Å². The van der Waals surface area contributed by atoms with Gasteiger partial charge in [0, 0.05) is 11.3 Å². The number of carbonyl (C=O) groups is 1. The summed E-state index contributed by atoms with van der Waals surface area (Å²) in [4.78, 5) is 32.3. The zero-order valence-corrected chi connectivity index (χ0v) is 19.4. The molecule has 4 rings (SSSR count). The minimum atomic E-state index is -4.45. The SMILES string of the molecule is C=Nc1nc(Nc2cccc(C(=O)OC)c2)nc(-c2noc(-c3ccc(OCC(F)(F)F)c(C)c3)n2)n1. The lowest BCUT2D eigenvalue weighted by Gasteiger charge is -2.11. The van der Waals surface area contributed by atoms with Crippen molar-refractivity contribution in [1.29, 1.82) is 0 Å². The summed E-state index contributed by atoms with van der Waals surface area (Å²) in [6.45, 7) is 3.61. The Hall–Kier alpha value is -4.88. The summed E-state index contributed by atoms with van der Waals surface area (Å²) in [5.41, 5.74) is 1.70. The minimum absolute atomic E-state index is 0.00344. The van der Waals surface area contributed by atoms with Crippen LogP contribution in [0.5, 0.6) is 5.75 Å². The molecule has 0 fully saturated rings. The summed E-state index contributed by atoms with van der Waals surface area (Å²) in [6, 6.07) is 10.9. The molecule has 190 valence electrons. The van der Waals surface area contributed by atoms with E-state index in [9.17, 15) is 18.0 Å². The maximum atomic E-state index is 12.4. The second-order valence-corrected chi connectivity index (χ2v) is 7.45. The Morgan fingerprint density at radius 2 is 1.92 bits per heavy atom. The number of halogens is 3. The first-order valence-electron chi connectivity index (χ1n) is 10.5. The number of carbonyl (C=O) groups excluding carboxylic acids is 1. The number of ether oxygens (including phenoxy) is 2. The molecule has 2 aromatic carbocycles. The van der Waals surface area contributed by atoms with Crippen LogP contribution in [0.25, 0.3) is 23.1 Å². The number of hydrogen-bond donors (Lipinski definition) is 1. The molecule has 2 aromatic heterocycles. The molecular weight excluding hydrogens is 495 g/mol. The fourth-order valence-corrected chi connectivity index (χ4v) is 3.10. The first-order chi connectivity index (χ1) is 17.6. The van der Waals surface area contributed by atoms with Crippen molar-refractivity contribution in [1.82, 2.24) is 25.1 Å². The molecular formula is C23H18F3N7O4. The van der Waals surface area contributed by atoms with Gasteiger partial charge in [0.05, 0.1) is 12.7 Å². The van der Waals surface area contributed by atoms with Gasteiger partial charge in [-0.3, -0.25) is 0 Å². The summed E-state index contributed by atoms with van der Waals surface area (Å²) < 4.78 is 52.2. The maximum Gasteiger partial charge on any atom is 0.422 e. The van der Waals surface area contributed by atoms with E-state index in [0.717, 1.165) is 0 Å². The Bertz CT molecular complexity index is 1460. The number of rotatable bonds is 8. The highest BCUT2D eigenvalue weighted by Crippen LogP contribution is 2.28. The van der Waals surface area contributed by atoms with Crippen molar-refractivity contribution < 1.29 is 32.0 Å². The Morgan fingerprint density at radius 3 is 2.62 bits per heavy atom. The third-order valence-electron chi connectivity index (χ3n) is 4.74. The first kappa shape index (κ1) is 25.2. The average molecular weight is 513 g/mol. The number of aliphatic imine (C=N–C) groups is 1. The van der Waals surface area contributed by atoms with Gasteiger partial charge >= 0.3 is 12.1 Å². The number of esters is 1. The van der Waals surface area contributed by atoms with Crippen LogP contribution in [0.1, 0.15) is 15.9 Å². The summed E-state index contributed by atoms with van der Waals surface area (Å²) >= 11 is 0. The van der Waals surface area contributed by atoms with Gasteiger partial charge in [-0.1, -0.05) is 11.2 Å². The van der Waals surface area contributed by atoms with Gasteiger partial charge in [-0.05, 0) is 55.6 Å². The molecule has 1 N–H and O–H groups in total. The topological polar surface area (TPSA) is 138 Å². The number of methoxy groups -OCH3 is 1. The van der Waals surface area contributed by atoms with E-state index >= 15 is 0 Å². The van der Waals surface area contributed by atoms with Crippen LogP contribution in [-0.4, -0.2) is 57.7 Å². The van der Waals surface area contributed by atoms with Crippen LogP contribution in [-0.2, 0) is 4.74 Å². The largest absolute Gasteiger partial charge is 0.484 e. The highest BCUT2D eigenvalue weighted by molar-refractivity contribution is 5.90. The lowest BCUT2D eigenvalue weighted by Crippen LogP contribution is -2.19. The molecule has 0 unspecified atom stereocenters. The number of hydrogen-bond acceptors (Lipinski definition) is 11. The summed E-state index contributed by atoms with van der Waals surface area (Å²) in [6.07, 6.45) is -4.45. The fraction of sp³-hybridized carbons (Fsp3) is 0.174. The molecule has 0 amide bonds. The van der Waals surface area contributed by atoms with E-state index in [1.165, 1.54) is 19.2 Å². The van der Waals surface area contributed by atoms with E-state index in [-0.39, 0.29) is 35.2 Å². The molecule has 2 heterocycles. The van der Waals surface area contributed by atoms with E-state index in [0.29, 0.717) is 22.4 Å². The van der Waals surface area contributed by atoms with Crippen molar-refractivity contribution in [3.8, 4) is 28.9 Å². The Labute approximate surface area is 207 Å². The van der Waals surface area contributed by atoms with Crippen molar-refractivity contribution in [2.24, 2.45) is 4.99 Å². The lowest BCUT2D eigenvalue weighted by molar-refractivity contribution is -0.153. The maximum absolute atomic E-state index is 12.4. The average Bonchev–Trinajstić information content (AvgIpc) is 3.37. The van der Waals surface area contributed by atoms with Crippen molar-refractivity contribution in [3.05, 3.63) is 53.6 Å². The Balaban J connectivity index is 1.58. The van der Waals surface area contributed by atoms with Crippen molar-refractivity contribution in [3.63, 3.8) is 0 Å². The number of nitrogens with zero attached hydrogens (tertiary/aromatic N) is 6. The van der Waals surface area contributed by atoms with Gasteiger partial charge < -0.3 is 19.3 Å². The number of anilines is 2. The molecule has 0 radical (unpaired) electrons. The van der Waals surface area contributed by atoms with E-state index < -0.39 is 18.8 Å². The minimum Gasteiger partial charge on any atom is -0.484 e. The Morgan fingerprint density at radius 1 is 1.11 bits per heavy atom. The monoisotopic (exact) mass is 513 g/mol. The molecule has 4 aromatic rings. The van der Waals surface area contributed by atoms with Crippen molar-refractivity contribution >= 4 is 30.3 Å². The lowest BCUT2D eigenvalue weighted by atomic mass is 10.1. The predicted molar refractivity (Wildman–Crippen MR) is 125 cm³/mol. The third-order valence-corrected chi connectivity index (χ3v) is 4.74. The molecule has 0 aliphatic rings. The molecule has 0 atom stereocenters. The standard InChI is InChI=1S/C23H18F3N7O4/c1-12-9-13(7-8-16(12)36-11-23(24,25)26)19-29-18(33-37-19)17-30-21(27-2)32-22(31-17)28-15-6-4-5-14(10-15)20(34)35-3/h4-10H,2,11H2,1,3H3,(H,28,30,31,32). The number of aryl methyl sites for hydroxylation is 1. The molecule has 11 nitrogen and oxygen atoms in total. The van der Waals surface area contributed by atoms with Gasteiger partial charge in [-0.25, -0.2) is 9.79 Å². The summed E-state index contributed by atoms with van der Waals surface area (Å²) in [5, 5.41) is 6.83. The highest BCUT2D eigenvalue weighted by atomic mass is 19.4. The Kier molecular flexibility index (Phi) is 7.08. The van der Waals surface area contributed by atoms with E-state index in [1.807, 2.05) is 0 Å².